The van der Waals surface area contributed by atoms with Gasteiger partial charge in [0, 0.05) is 18.6 Å². The van der Waals surface area contributed by atoms with E-state index in [0.717, 1.165) is 10.8 Å². The second-order valence-corrected chi connectivity index (χ2v) is 4.28. The first-order chi connectivity index (χ1) is 8.02. The molecular weight excluding hydrogens is 231 g/mol. The summed E-state index contributed by atoms with van der Waals surface area (Å²) in [5.74, 6) is -1.35. The molecule has 0 bridgehead atoms. The van der Waals surface area contributed by atoms with E-state index in [1.807, 2.05) is 4.98 Å². The number of aliphatic hydroxyl groups is 2. The SMILES string of the molecule is O=c1[nH]c(=O)n(C2CC(O)C(CO)C2)cc1F. The molecule has 1 aromatic heterocycles. The van der Waals surface area contributed by atoms with Crippen molar-refractivity contribution >= 4 is 0 Å². The predicted octanol–water partition coefficient (Wildman–Crippen LogP) is -1.02. The maximum atomic E-state index is 13.1. The van der Waals surface area contributed by atoms with Crippen LogP contribution in [0.1, 0.15) is 18.9 Å². The molecule has 1 aromatic rings. The Hall–Kier alpha value is -1.47. The van der Waals surface area contributed by atoms with Crippen LogP contribution in [0, 0.1) is 11.7 Å². The van der Waals surface area contributed by atoms with Gasteiger partial charge in [-0.2, -0.15) is 4.39 Å². The van der Waals surface area contributed by atoms with Crippen molar-refractivity contribution in [1.82, 2.24) is 9.55 Å². The zero-order valence-electron chi connectivity index (χ0n) is 8.97. The summed E-state index contributed by atoms with van der Waals surface area (Å²) in [5.41, 5.74) is -1.75. The molecular formula is C10H13FN2O4. The van der Waals surface area contributed by atoms with Crippen molar-refractivity contribution in [3.63, 3.8) is 0 Å². The number of hydrogen-bond acceptors (Lipinski definition) is 4. The quantitative estimate of drug-likeness (QED) is 0.620. The van der Waals surface area contributed by atoms with E-state index < -0.39 is 29.2 Å². The van der Waals surface area contributed by atoms with Crippen LogP contribution < -0.4 is 11.2 Å². The molecule has 0 spiro atoms. The predicted molar refractivity (Wildman–Crippen MR) is 56.1 cm³/mol. The first-order valence-electron chi connectivity index (χ1n) is 5.32. The summed E-state index contributed by atoms with van der Waals surface area (Å²) in [6, 6.07) is -0.402. The van der Waals surface area contributed by atoms with Gasteiger partial charge >= 0.3 is 5.69 Å². The molecule has 1 aliphatic carbocycles. The van der Waals surface area contributed by atoms with E-state index >= 15 is 0 Å². The number of nitrogens with zero attached hydrogens (tertiary/aromatic N) is 1. The molecule has 0 radical (unpaired) electrons. The number of nitrogens with one attached hydrogen (secondary N) is 1. The van der Waals surface area contributed by atoms with E-state index in [4.69, 9.17) is 5.11 Å². The highest BCUT2D eigenvalue weighted by atomic mass is 19.1. The van der Waals surface area contributed by atoms with Crippen LogP contribution in [0.4, 0.5) is 4.39 Å². The van der Waals surface area contributed by atoms with Gasteiger partial charge in [0.1, 0.15) is 0 Å². The fourth-order valence-corrected chi connectivity index (χ4v) is 2.23. The number of halogens is 1. The number of aromatic nitrogens is 2. The molecule has 3 atom stereocenters. The summed E-state index contributed by atoms with van der Waals surface area (Å²) in [6.45, 7) is -0.182. The van der Waals surface area contributed by atoms with Crippen molar-refractivity contribution in [3.05, 3.63) is 32.9 Å². The molecule has 0 amide bonds. The molecule has 0 saturated heterocycles. The molecule has 1 heterocycles. The van der Waals surface area contributed by atoms with Crippen LogP contribution in [0.2, 0.25) is 0 Å². The molecule has 0 aromatic carbocycles. The van der Waals surface area contributed by atoms with Crippen molar-refractivity contribution in [2.24, 2.45) is 5.92 Å². The topological polar surface area (TPSA) is 95.3 Å². The summed E-state index contributed by atoms with van der Waals surface area (Å²) in [4.78, 5) is 24.2. The minimum Gasteiger partial charge on any atom is -0.396 e. The second-order valence-electron chi connectivity index (χ2n) is 4.28. The molecule has 0 aliphatic heterocycles. The van der Waals surface area contributed by atoms with Crippen molar-refractivity contribution in [3.8, 4) is 0 Å². The van der Waals surface area contributed by atoms with E-state index in [9.17, 15) is 19.1 Å². The number of aliphatic hydroxyl groups excluding tert-OH is 2. The van der Waals surface area contributed by atoms with Crippen LogP contribution in [-0.2, 0) is 0 Å². The van der Waals surface area contributed by atoms with Gasteiger partial charge < -0.3 is 10.2 Å². The van der Waals surface area contributed by atoms with Gasteiger partial charge in [-0.15, -0.1) is 0 Å². The molecule has 3 unspecified atom stereocenters. The zero-order valence-corrected chi connectivity index (χ0v) is 8.97. The van der Waals surface area contributed by atoms with Crippen molar-refractivity contribution in [2.75, 3.05) is 6.61 Å². The lowest BCUT2D eigenvalue weighted by molar-refractivity contribution is 0.0906. The smallest absolute Gasteiger partial charge is 0.328 e. The van der Waals surface area contributed by atoms with E-state index in [1.54, 1.807) is 0 Å². The third kappa shape index (κ3) is 2.16. The van der Waals surface area contributed by atoms with Gasteiger partial charge in [-0.1, -0.05) is 0 Å². The van der Waals surface area contributed by atoms with Crippen LogP contribution in [0.5, 0.6) is 0 Å². The van der Waals surface area contributed by atoms with Gasteiger partial charge in [-0.25, -0.2) is 4.79 Å². The molecule has 3 N–H and O–H groups in total. The first-order valence-corrected chi connectivity index (χ1v) is 5.32. The van der Waals surface area contributed by atoms with Gasteiger partial charge in [0.15, 0.2) is 0 Å². The van der Waals surface area contributed by atoms with E-state index in [2.05, 4.69) is 0 Å². The summed E-state index contributed by atoms with van der Waals surface area (Å²) >= 11 is 0. The Labute approximate surface area is 95.3 Å². The molecule has 2 rings (SSSR count). The second kappa shape index (κ2) is 4.42. The van der Waals surface area contributed by atoms with Gasteiger partial charge in [0.05, 0.1) is 12.3 Å². The minimum absolute atomic E-state index is 0.182. The Kier molecular flexibility index (Phi) is 3.12. The number of hydrogen-bond donors (Lipinski definition) is 3. The van der Waals surface area contributed by atoms with Gasteiger partial charge in [-0.3, -0.25) is 14.3 Å². The Morgan fingerprint density at radius 1 is 1.47 bits per heavy atom. The van der Waals surface area contributed by atoms with E-state index in [0.29, 0.717) is 6.42 Å². The third-order valence-corrected chi connectivity index (χ3v) is 3.18. The van der Waals surface area contributed by atoms with E-state index in [-0.39, 0.29) is 18.9 Å². The van der Waals surface area contributed by atoms with Gasteiger partial charge in [-0.05, 0) is 12.8 Å². The molecule has 17 heavy (non-hydrogen) atoms. The van der Waals surface area contributed by atoms with Crippen LogP contribution in [-0.4, -0.2) is 32.5 Å². The average molecular weight is 244 g/mol. The van der Waals surface area contributed by atoms with Gasteiger partial charge in [0.2, 0.25) is 5.82 Å². The van der Waals surface area contributed by atoms with E-state index in [1.165, 1.54) is 0 Å². The van der Waals surface area contributed by atoms with Crippen LogP contribution in [0.3, 0.4) is 0 Å². The molecule has 6 nitrogen and oxygen atoms in total. The summed E-state index contributed by atoms with van der Waals surface area (Å²) in [7, 11) is 0. The third-order valence-electron chi connectivity index (χ3n) is 3.18. The lowest BCUT2D eigenvalue weighted by Crippen LogP contribution is -2.33. The summed E-state index contributed by atoms with van der Waals surface area (Å²) in [5, 5.41) is 18.6. The molecule has 1 fully saturated rings. The fourth-order valence-electron chi connectivity index (χ4n) is 2.23. The normalized spacial score (nSPS) is 28.5. The van der Waals surface area contributed by atoms with Gasteiger partial charge in [0.25, 0.3) is 5.56 Å². The highest BCUT2D eigenvalue weighted by Gasteiger charge is 2.34. The maximum Gasteiger partial charge on any atom is 0.328 e. The Bertz CT molecular complexity index is 524. The molecule has 1 aliphatic rings. The maximum absolute atomic E-state index is 13.1. The number of H-pyrrole nitrogens is 1. The Balaban J connectivity index is 2.34. The van der Waals surface area contributed by atoms with Crippen molar-refractivity contribution < 1.29 is 14.6 Å². The highest BCUT2D eigenvalue weighted by Crippen LogP contribution is 2.33. The Morgan fingerprint density at radius 3 is 2.76 bits per heavy atom. The monoisotopic (exact) mass is 244 g/mol. The lowest BCUT2D eigenvalue weighted by atomic mass is 10.1. The number of rotatable bonds is 2. The fraction of sp³-hybridized carbons (Fsp3) is 0.600. The zero-order chi connectivity index (χ0) is 12.6. The average Bonchev–Trinajstić information content (AvgIpc) is 2.65. The standard InChI is InChI=1S/C10H13FN2O4/c11-7-3-13(10(17)12-9(7)16)6-1-5(4-14)8(15)2-6/h3,5-6,8,14-15H,1-2,4H2,(H,12,16,17). The molecule has 94 valence electrons. The highest BCUT2D eigenvalue weighted by molar-refractivity contribution is 4.94. The number of aromatic amines is 1. The first kappa shape index (κ1) is 12.0. The summed E-state index contributed by atoms with van der Waals surface area (Å²) < 4.78 is 14.1. The molecule has 1 saturated carbocycles. The van der Waals surface area contributed by atoms with Crippen LogP contribution in [0.15, 0.2) is 15.8 Å². The molecule has 7 heteroatoms. The largest absolute Gasteiger partial charge is 0.396 e. The van der Waals surface area contributed by atoms with Crippen LogP contribution >= 0.6 is 0 Å². The van der Waals surface area contributed by atoms with Crippen molar-refractivity contribution in [1.29, 1.82) is 0 Å². The summed E-state index contributed by atoms with van der Waals surface area (Å²) in [6.07, 6.45) is 0.768. The Morgan fingerprint density at radius 2 is 2.18 bits per heavy atom. The minimum atomic E-state index is -1.05. The lowest BCUT2D eigenvalue weighted by Gasteiger charge is -2.12. The van der Waals surface area contributed by atoms with Crippen molar-refractivity contribution in [2.45, 2.75) is 25.0 Å². The van der Waals surface area contributed by atoms with Crippen LogP contribution in [0.25, 0.3) is 0 Å².